The summed E-state index contributed by atoms with van der Waals surface area (Å²) in [6.45, 7) is 25.6. The standard InChI is InChI=1S/C33H42N.C31H42N.C29H36N.C28H34N/c1-23-31(26-14-8-9-15-26)21-29(25-12-6-7-13-25)22-32(23)33-30-17-16-27(24-10-4-3-5-11-24)20-28(30)18-19-34(33)2;1-21-27(19-25(30(2,3)4)20-28(21)31(5,6)7)29-26-15-14-23(22-12-10-9-11-13-22)18-24(26)16-17-32(29)8;1-20-17-26(23-11-7-8-12-23)19-28(21(20)2)29-27-14-13-24(22-9-5-4-6-10-22)18-25(27)15-16-30(29)3;1-20-12-13-24(22-10-6-7-11-22)19-27(20)28-26-15-14-23(21-8-4-3-5-9-21)18-25(26)16-17-29(28)2/h16-22,24-26H,3-15H2,1-2H3;14-20,22H,9-13H2,1-8H3;13-19,22-23H,4-12H2,1-3H3;12-19,21-22H,3-11H2,1-2H3/q4*+1. The lowest BCUT2D eigenvalue weighted by Gasteiger charge is -2.28. The maximum Gasteiger partial charge on any atom is 0.220 e. The van der Waals surface area contributed by atoms with Crippen molar-refractivity contribution in [3.63, 3.8) is 0 Å². The number of hydrogen-bond acceptors (Lipinski definition) is 0. The molecule has 4 aromatic heterocycles. The van der Waals surface area contributed by atoms with E-state index < -0.39 is 0 Å². The molecule has 12 aromatic rings. The summed E-state index contributed by atoms with van der Waals surface area (Å²) in [5, 5.41) is 11.2. The summed E-state index contributed by atoms with van der Waals surface area (Å²) >= 11 is 0. The molecule has 8 aliphatic rings. The first-order chi connectivity index (χ1) is 60.5. The summed E-state index contributed by atoms with van der Waals surface area (Å²) in [6, 6.07) is 60.9. The molecule has 8 saturated carbocycles. The average molecular weight is 1660 g/mol. The topological polar surface area (TPSA) is 15.5 Å². The van der Waals surface area contributed by atoms with Crippen LogP contribution in [0.4, 0.5) is 0 Å². The van der Waals surface area contributed by atoms with Gasteiger partial charge in [0, 0.05) is 29.8 Å². The third kappa shape index (κ3) is 19.4. The van der Waals surface area contributed by atoms with Gasteiger partial charge in [-0.1, -0.05) is 249 Å². The van der Waals surface area contributed by atoms with Crippen molar-refractivity contribution < 1.29 is 18.3 Å². The highest BCUT2D eigenvalue weighted by Gasteiger charge is 2.34. The van der Waals surface area contributed by atoms with Gasteiger partial charge in [0.2, 0.25) is 22.8 Å². The highest BCUT2D eigenvalue weighted by molar-refractivity contribution is 5.98. The van der Waals surface area contributed by atoms with Crippen LogP contribution < -0.4 is 18.3 Å². The van der Waals surface area contributed by atoms with Crippen molar-refractivity contribution in [2.24, 2.45) is 28.2 Å². The van der Waals surface area contributed by atoms with Crippen LogP contribution >= 0.6 is 0 Å². The van der Waals surface area contributed by atoms with Gasteiger partial charge in [0.15, 0.2) is 24.8 Å². The van der Waals surface area contributed by atoms with E-state index in [1.165, 1.54) is 364 Å². The Labute approximate surface area is 755 Å². The predicted molar refractivity (Wildman–Crippen MR) is 531 cm³/mol. The van der Waals surface area contributed by atoms with Crippen molar-refractivity contribution in [1.82, 2.24) is 0 Å². The van der Waals surface area contributed by atoms with E-state index in [-0.39, 0.29) is 10.8 Å². The summed E-state index contributed by atoms with van der Waals surface area (Å²) in [6.07, 6.45) is 58.8. The number of hydrogen-bond donors (Lipinski definition) is 0. The molecule has 4 heterocycles. The van der Waals surface area contributed by atoms with Crippen LogP contribution in [0.3, 0.4) is 0 Å². The zero-order valence-electron chi connectivity index (χ0n) is 80.1. The number of aromatic nitrogens is 4. The Balaban J connectivity index is 0.000000118. The van der Waals surface area contributed by atoms with Crippen LogP contribution in [0, 0.1) is 34.6 Å². The van der Waals surface area contributed by atoms with Crippen LogP contribution in [-0.4, -0.2) is 0 Å². The summed E-state index contributed by atoms with van der Waals surface area (Å²) in [7, 11) is 8.86. The van der Waals surface area contributed by atoms with Crippen LogP contribution in [0.2, 0.25) is 0 Å². The highest BCUT2D eigenvalue weighted by Crippen LogP contribution is 2.49. The molecule has 0 N–H and O–H groups in total. The lowest BCUT2D eigenvalue weighted by Crippen LogP contribution is -2.31. The zero-order valence-corrected chi connectivity index (χ0v) is 80.1. The molecule has 654 valence electrons. The van der Waals surface area contributed by atoms with Crippen LogP contribution in [0.15, 0.2) is 176 Å². The Bertz CT molecular complexity index is 5820. The van der Waals surface area contributed by atoms with E-state index in [1.54, 1.807) is 38.9 Å². The lowest BCUT2D eigenvalue weighted by atomic mass is 9.76. The van der Waals surface area contributed by atoms with Crippen molar-refractivity contribution in [3.05, 3.63) is 260 Å². The molecular weight excluding hydrogens is 1510 g/mol. The van der Waals surface area contributed by atoms with E-state index in [2.05, 4.69) is 299 Å². The molecule has 0 bridgehead atoms. The summed E-state index contributed by atoms with van der Waals surface area (Å²) in [5.41, 5.74) is 34.1. The average Bonchev–Trinajstić information content (AvgIpc) is 0.979. The van der Waals surface area contributed by atoms with Gasteiger partial charge in [0.1, 0.15) is 28.2 Å². The fourth-order valence-corrected chi connectivity index (χ4v) is 25.0. The molecule has 0 amide bonds. The first kappa shape index (κ1) is 88.4. The number of pyridine rings is 4. The zero-order chi connectivity index (χ0) is 86.8. The van der Waals surface area contributed by atoms with Gasteiger partial charge in [-0.2, -0.15) is 0 Å². The van der Waals surface area contributed by atoms with Gasteiger partial charge in [0.25, 0.3) is 0 Å². The molecule has 4 nitrogen and oxygen atoms in total. The summed E-state index contributed by atoms with van der Waals surface area (Å²) < 4.78 is 9.37. The highest BCUT2D eigenvalue weighted by atomic mass is 14.9. The van der Waals surface area contributed by atoms with E-state index in [4.69, 9.17) is 0 Å². The second-order valence-corrected chi connectivity index (χ2v) is 43.3. The Morgan fingerprint density at radius 3 is 0.832 bits per heavy atom. The summed E-state index contributed by atoms with van der Waals surface area (Å²) in [5.74, 6) is 6.05. The van der Waals surface area contributed by atoms with Crippen LogP contribution in [0.1, 0.15) is 403 Å². The Morgan fingerprint density at radius 1 is 0.224 bits per heavy atom. The maximum absolute atomic E-state index is 2.64. The Hall–Kier alpha value is -8.60. The van der Waals surface area contributed by atoms with Crippen LogP contribution in [0.5, 0.6) is 0 Å². The third-order valence-electron chi connectivity index (χ3n) is 32.7. The first-order valence-electron chi connectivity index (χ1n) is 50.7. The predicted octanol–water partition coefficient (Wildman–Crippen LogP) is 32.3. The molecule has 8 aliphatic carbocycles. The van der Waals surface area contributed by atoms with E-state index >= 15 is 0 Å². The minimum atomic E-state index is 0.109. The number of rotatable bonds is 12. The quantitative estimate of drug-likeness (QED) is 0.108. The monoisotopic (exact) mass is 1660 g/mol. The molecule has 0 radical (unpaired) electrons. The minimum absolute atomic E-state index is 0.109. The van der Waals surface area contributed by atoms with Crippen molar-refractivity contribution in [2.45, 2.75) is 365 Å². The van der Waals surface area contributed by atoms with Gasteiger partial charge in [-0.05, 0) is 349 Å². The smallest absolute Gasteiger partial charge is 0.200 e. The van der Waals surface area contributed by atoms with Crippen LogP contribution in [-0.2, 0) is 39.0 Å². The van der Waals surface area contributed by atoms with E-state index in [0.717, 1.165) is 47.3 Å². The normalized spacial score (nSPS) is 18.4. The van der Waals surface area contributed by atoms with Gasteiger partial charge < -0.3 is 0 Å². The fraction of sp³-hybridized carbons (Fsp3) is 0.504. The maximum atomic E-state index is 2.64. The van der Waals surface area contributed by atoms with Crippen molar-refractivity contribution in [1.29, 1.82) is 0 Å². The number of benzene rings is 8. The van der Waals surface area contributed by atoms with Gasteiger partial charge in [0.05, 0.1) is 38.2 Å². The van der Waals surface area contributed by atoms with Crippen LogP contribution in [0.25, 0.3) is 88.1 Å². The van der Waals surface area contributed by atoms with E-state index in [1.807, 2.05) is 0 Å². The van der Waals surface area contributed by atoms with Gasteiger partial charge in [-0.3, -0.25) is 0 Å². The summed E-state index contributed by atoms with van der Waals surface area (Å²) in [4.78, 5) is 0. The number of fused-ring (bicyclic) bond motifs is 4. The second-order valence-electron chi connectivity index (χ2n) is 43.3. The van der Waals surface area contributed by atoms with E-state index in [9.17, 15) is 0 Å². The molecule has 0 aliphatic heterocycles. The second kappa shape index (κ2) is 38.8. The minimum Gasteiger partial charge on any atom is -0.200 e. The van der Waals surface area contributed by atoms with Crippen molar-refractivity contribution in [3.8, 4) is 45.0 Å². The number of aryl methyl sites for hydroxylation is 6. The van der Waals surface area contributed by atoms with Crippen molar-refractivity contribution >= 4 is 43.1 Å². The molecule has 0 unspecified atom stereocenters. The molecule has 0 atom stereocenters. The molecule has 20 rings (SSSR count). The molecule has 8 fully saturated rings. The number of nitrogens with zero attached hydrogens (tertiary/aromatic N) is 4. The SMILES string of the molecule is Cc1c(-c2c3ccc(C4CCCCC4)cc3cc[n+]2C)cc(C(C)(C)C)cc1C(C)(C)C.Cc1c(-c2c3ccc(C4CCCCC4)cc3cc[n+]2C)cc(C2CCCC2)cc1C1CCCC1.Cc1cc(C2CCCC2)cc(-c2c3ccc(C4CCCCC4)cc3cc[n+]2C)c1C.Cc1ccc(C2CCCC2)cc1-c1c2ccc(C3CCCCC3)cc2cc[n+]1C. The molecule has 0 saturated heterocycles. The third-order valence-corrected chi connectivity index (χ3v) is 32.7. The fourth-order valence-electron chi connectivity index (χ4n) is 25.0. The molecule has 0 spiro atoms. The van der Waals surface area contributed by atoms with Gasteiger partial charge in [-0.15, -0.1) is 0 Å². The molecule has 125 heavy (non-hydrogen) atoms. The van der Waals surface area contributed by atoms with Crippen molar-refractivity contribution in [2.75, 3.05) is 0 Å². The van der Waals surface area contributed by atoms with Gasteiger partial charge in [-0.25, -0.2) is 18.3 Å². The Morgan fingerprint density at radius 2 is 0.496 bits per heavy atom. The molecule has 4 heteroatoms. The molecule has 8 aromatic carbocycles. The lowest BCUT2D eigenvalue weighted by molar-refractivity contribution is -0.659. The molecular formula is C121H154N4+4. The first-order valence-corrected chi connectivity index (χ1v) is 50.7. The Kier molecular flexibility index (Phi) is 27.4. The van der Waals surface area contributed by atoms with E-state index in [0.29, 0.717) is 0 Å². The van der Waals surface area contributed by atoms with Gasteiger partial charge >= 0.3 is 0 Å². The largest absolute Gasteiger partial charge is 0.220 e.